The summed E-state index contributed by atoms with van der Waals surface area (Å²) in [6, 6.07) is 20.0. The van der Waals surface area contributed by atoms with Gasteiger partial charge in [-0.05, 0) is 36.8 Å². The van der Waals surface area contributed by atoms with Crippen LogP contribution in [0.25, 0.3) is 16.9 Å². The molecule has 0 aliphatic heterocycles. The SMILES string of the molecule is Cc1cc(C=O)c(-c2ccccc2)n1-c1cccc(Br)c1. The summed E-state index contributed by atoms with van der Waals surface area (Å²) in [5.74, 6) is 0. The van der Waals surface area contributed by atoms with E-state index in [0.29, 0.717) is 5.56 Å². The number of benzene rings is 2. The third-order valence-electron chi connectivity index (χ3n) is 3.45. The molecule has 3 aromatic rings. The second-order valence-electron chi connectivity index (χ2n) is 4.89. The van der Waals surface area contributed by atoms with Crippen LogP contribution in [-0.2, 0) is 0 Å². The fraction of sp³-hybridized carbons (Fsp3) is 0.0556. The molecule has 2 aromatic carbocycles. The molecular weight excluding hydrogens is 326 g/mol. The van der Waals surface area contributed by atoms with Crippen LogP contribution in [0.15, 0.2) is 65.1 Å². The van der Waals surface area contributed by atoms with Crippen molar-refractivity contribution in [3.8, 4) is 16.9 Å². The van der Waals surface area contributed by atoms with Crippen molar-refractivity contribution in [3.05, 3.63) is 76.4 Å². The highest BCUT2D eigenvalue weighted by Crippen LogP contribution is 2.30. The third kappa shape index (κ3) is 2.57. The van der Waals surface area contributed by atoms with E-state index in [2.05, 4.69) is 20.5 Å². The first-order chi connectivity index (χ1) is 10.2. The Labute approximate surface area is 132 Å². The highest BCUT2D eigenvalue weighted by atomic mass is 79.9. The molecule has 0 bridgehead atoms. The van der Waals surface area contributed by atoms with Crippen LogP contribution in [0, 0.1) is 6.92 Å². The van der Waals surface area contributed by atoms with E-state index >= 15 is 0 Å². The lowest BCUT2D eigenvalue weighted by Gasteiger charge is -2.13. The molecule has 0 aliphatic rings. The fourth-order valence-electron chi connectivity index (χ4n) is 2.59. The number of hydrogen-bond donors (Lipinski definition) is 0. The average Bonchev–Trinajstić information content (AvgIpc) is 2.84. The average molecular weight is 340 g/mol. The van der Waals surface area contributed by atoms with Crippen molar-refractivity contribution < 1.29 is 4.79 Å². The monoisotopic (exact) mass is 339 g/mol. The van der Waals surface area contributed by atoms with Gasteiger partial charge in [-0.15, -0.1) is 0 Å². The van der Waals surface area contributed by atoms with Crippen molar-refractivity contribution in [1.82, 2.24) is 4.57 Å². The number of halogens is 1. The van der Waals surface area contributed by atoms with Crippen LogP contribution in [0.5, 0.6) is 0 Å². The number of carbonyl (C=O) groups is 1. The predicted octanol–water partition coefficient (Wildman–Crippen LogP) is 5.03. The Morgan fingerprint density at radius 2 is 1.76 bits per heavy atom. The molecule has 3 rings (SSSR count). The van der Waals surface area contributed by atoms with Gasteiger partial charge in [0.15, 0.2) is 6.29 Å². The molecule has 21 heavy (non-hydrogen) atoms. The zero-order valence-electron chi connectivity index (χ0n) is 11.6. The molecule has 0 radical (unpaired) electrons. The van der Waals surface area contributed by atoms with E-state index in [9.17, 15) is 4.79 Å². The first-order valence-corrected chi connectivity index (χ1v) is 7.49. The van der Waals surface area contributed by atoms with Gasteiger partial charge in [-0.3, -0.25) is 4.79 Å². The summed E-state index contributed by atoms with van der Waals surface area (Å²) >= 11 is 3.51. The van der Waals surface area contributed by atoms with Crippen molar-refractivity contribution in [2.45, 2.75) is 6.92 Å². The van der Waals surface area contributed by atoms with Crippen molar-refractivity contribution in [3.63, 3.8) is 0 Å². The van der Waals surface area contributed by atoms with Gasteiger partial charge >= 0.3 is 0 Å². The molecule has 0 aliphatic carbocycles. The van der Waals surface area contributed by atoms with E-state index in [1.54, 1.807) is 0 Å². The first-order valence-electron chi connectivity index (χ1n) is 6.69. The van der Waals surface area contributed by atoms with Crippen LogP contribution in [0.2, 0.25) is 0 Å². The van der Waals surface area contributed by atoms with Crippen LogP contribution in [-0.4, -0.2) is 10.9 Å². The summed E-state index contributed by atoms with van der Waals surface area (Å²) in [6.45, 7) is 2.01. The number of aromatic nitrogens is 1. The highest BCUT2D eigenvalue weighted by molar-refractivity contribution is 9.10. The maximum absolute atomic E-state index is 11.4. The van der Waals surface area contributed by atoms with E-state index in [-0.39, 0.29) is 0 Å². The molecule has 0 unspecified atom stereocenters. The van der Waals surface area contributed by atoms with E-state index in [0.717, 1.165) is 33.4 Å². The molecule has 0 spiro atoms. The molecule has 104 valence electrons. The van der Waals surface area contributed by atoms with E-state index in [4.69, 9.17) is 0 Å². The molecule has 0 atom stereocenters. The Balaban J connectivity index is 2.30. The highest BCUT2D eigenvalue weighted by Gasteiger charge is 2.15. The van der Waals surface area contributed by atoms with Crippen molar-refractivity contribution >= 4 is 22.2 Å². The van der Waals surface area contributed by atoms with E-state index < -0.39 is 0 Å². The van der Waals surface area contributed by atoms with E-state index in [1.165, 1.54) is 0 Å². The minimum Gasteiger partial charge on any atom is -0.313 e. The molecule has 1 aromatic heterocycles. The smallest absolute Gasteiger partial charge is 0.152 e. The molecule has 2 nitrogen and oxygen atoms in total. The Bertz CT molecular complexity index is 790. The fourth-order valence-corrected chi connectivity index (χ4v) is 2.98. The first kappa shape index (κ1) is 13.8. The lowest BCUT2D eigenvalue weighted by Crippen LogP contribution is -2.00. The number of aryl methyl sites for hydroxylation is 1. The quantitative estimate of drug-likeness (QED) is 0.613. The number of carbonyl (C=O) groups excluding carboxylic acids is 1. The summed E-state index contributed by atoms with van der Waals surface area (Å²) in [5, 5.41) is 0. The molecule has 0 saturated carbocycles. The number of hydrogen-bond acceptors (Lipinski definition) is 1. The van der Waals surface area contributed by atoms with Gasteiger partial charge in [0.05, 0.1) is 5.69 Å². The Morgan fingerprint density at radius 1 is 1.00 bits per heavy atom. The van der Waals surface area contributed by atoms with Crippen LogP contribution >= 0.6 is 15.9 Å². The van der Waals surface area contributed by atoms with Crippen LogP contribution < -0.4 is 0 Å². The zero-order valence-corrected chi connectivity index (χ0v) is 13.2. The Morgan fingerprint density at radius 3 is 2.43 bits per heavy atom. The van der Waals surface area contributed by atoms with Gasteiger partial charge in [-0.25, -0.2) is 0 Å². The second-order valence-corrected chi connectivity index (χ2v) is 5.80. The summed E-state index contributed by atoms with van der Waals surface area (Å²) < 4.78 is 3.13. The lowest BCUT2D eigenvalue weighted by molar-refractivity contribution is 0.112. The molecule has 0 amide bonds. The molecule has 1 heterocycles. The Hall–Kier alpha value is -2.13. The molecule has 0 N–H and O–H groups in total. The maximum Gasteiger partial charge on any atom is 0.152 e. The molecule has 0 saturated heterocycles. The third-order valence-corrected chi connectivity index (χ3v) is 3.95. The van der Waals surface area contributed by atoms with Crippen molar-refractivity contribution in [2.24, 2.45) is 0 Å². The summed E-state index contributed by atoms with van der Waals surface area (Å²) in [5.41, 5.74) is 4.75. The van der Waals surface area contributed by atoms with Gasteiger partial charge in [-0.1, -0.05) is 52.3 Å². The standard InChI is InChI=1S/C18H14BrNO/c1-13-10-15(12-21)18(14-6-3-2-4-7-14)20(13)17-9-5-8-16(19)11-17/h2-12H,1H3. The van der Waals surface area contributed by atoms with Crippen LogP contribution in [0.3, 0.4) is 0 Å². The van der Waals surface area contributed by atoms with Gasteiger partial charge in [-0.2, -0.15) is 0 Å². The van der Waals surface area contributed by atoms with Gasteiger partial charge in [0.1, 0.15) is 0 Å². The number of rotatable bonds is 3. The number of aldehydes is 1. The summed E-state index contributed by atoms with van der Waals surface area (Å²) in [7, 11) is 0. The van der Waals surface area contributed by atoms with Gasteiger partial charge in [0.25, 0.3) is 0 Å². The second kappa shape index (κ2) is 5.70. The Kier molecular flexibility index (Phi) is 3.76. The van der Waals surface area contributed by atoms with Gasteiger partial charge < -0.3 is 4.57 Å². The van der Waals surface area contributed by atoms with Crippen molar-refractivity contribution in [1.29, 1.82) is 0 Å². The maximum atomic E-state index is 11.4. The van der Waals surface area contributed by atoms with E-state index in [1.807, 2.05) is 67.6 Å². The van der Waals surface area contributed by atoms with Crippen LogP contribution in [0.1, 0.15) is 16.1 Å². The topological polar surface area (TPSA) is 22.0 Å². The minimum absolute atomic E-state index is 0.707. The molecular formula is C18H14BrNO. The minimum atomic E-state index is 0.707. The van der Waals surface area contributed by atoms with Gasteiger partial charge in [0.2, 0.25) is 0 Å². The molecule has 0 fully saturated rings. The van der Waals surface area contributed by atoms with Gasteiger partial charge in [0, 0.05) is 21.4 Å². The summed E-state index contributed by atoms with van der Waals surface area (Å²) in [6.07, 6.45) is 0.920. The largest absolute Gasteiger partial charge is 0.313 e. The summed E-state index contributed by atoms with van der Waals surface area (Å²) in [4.78, 5) is 11.4. The van der Waals surface area contributed by atoms with Crippen LogP contribution in [0.4, 0.5) is 0 Å². The predicted molar refractivity (Wildman–Crippen MR) is 89.0 cm³/mol. The normalized spacial score (nSPS) is 10.6. The molecule has 3 heteroatoms. The van der Waals surface area contributed by atoms with Crippen molar-refractivity contribution in [2.75, 3.05) is 0 Å². The number of nitrogens with zero attached hydrogens (tertiary/aromatic N) is 1. The zero-order chi connectivity index (χ0) is 14.8. The lowest BCUT2D eigenvalue weighted by atomic mass is 10.1.